The molecule has 1 nitrogen and oxygen atoms in total. The molecule has 0 atom stereocenters. The summed E-state index contributed by atoms with van der Waals surface area (Å²) < 4.78 is 5.86. The predicted octanol–water partition coefficient (Wildman–Crippen LogP) is 3.90. The van der Waals surface area contributed by atoms with Crippen molar-refractivity contribution in [3.8, 4) is 0 Å². The third-order valence-corrected chi connectivity index (χ3v) is 4.29. The van der Waals surface area contributed by atoms with E-state index >= 15 is 0 Å². The first-order valence-corrected chi connectivity index (χ1v) is 8.21. The number of unbranched alkanes of at least 4 members (excludes halogenated alkanes) is 1. The first-order valence-electron chi connectivity index (χ1n) is 7.23. The van der Waals surface area contributed by atoms with Crippen LogP contribution in [0.15, 0.2) is 24.3 Å². The van der Waals surface area contributed by atoms with Crippen molar-refractivity contribution in [1.29, 1.82) is 0 Å². The van der Waals surface area contributed by atoms with Gasteiger partial charge in [0.1, 0.15) is 5.76 Å². The van der Waals surface area contributed by atoms with Gasteiger partial charge >= 0.3 is 0 Å². The molecule has 0 bridgehead atoms. The summed E-state index contributed by atoms with van der Waals surface area (Å²) in [7, 11) is 0. The molecule has 19 heavy (non-hydrogen) atoms. The lowest BCUT2D eigenvalue weighted by Gasteiger charge is -2.07. The lowest BCUT2D eigenvalue weighted by molar-refractivity contribution is 0.263. The molecule has 106 valence electrons. The van der Waals surface area contributed by atoms with Crippen molar-refractivity contribution < 1.29 is 4.74 Å². The molecular weight excluding hydrogens is 252 g/mol. The fraction of sp³-hybridized carbons (Fsp3) is 0.529. The van der Waals surface area contributed by atoms with E-state index < -0.39 is 0 Å². The van der Waals surface area contributed by atoms with Crippen LogP contribution >= 0.6 is 11.8 Å². The van der Waals surface area contributed by atoms with Gasteiger partial charge in [-0.25, -0.2) is 0 Å². The zero-order valence-electron chi connectivity index (χ0n) is 12.7. The number of rotatable bonds is 7. The second-order valence-corrected chi connectivity index (χ2v) is 6.02. The Kier molecular flexibility index (Phi) is 7.73. The molecule has 1 aromatic carbocycles. The molecule has 1 rings (SSSR count). The van der Waals surface area contributed by atoms with Crippen molar-refractivity contribution in [1.82, 2.24) is 0 Å². The molecule has 0 aromatic heterocycles. The van der Waals surface area contributed by atoms with Gasteiger partial charge in [0, 0.05) is 5.22 Å². The van der Waals surface area contributed by atoms with Crippen LogP contribution in [-0.4, -0.2) is 12.4 Å². The van der Waals surface area contributed by atoms with E-state index in [1.807, 2.05) is 11.8 Å². The zero-order valence-corrected chi connectivity index (χ0v) is 13.5. The van der Waals surface area contributed by atoms with Crippen LogP contribution in [0.1, 0.15) is 47.0 Å². The molecule has 0 unspecified atom stereocenters. The smallest absolute Gasteiger partial charge is 0.101 e. The van der Waals surface area contributed by atoms with Crippen LogP contribution in [0.25, 0.3) is 10.7 Å². The lowest BCUT2D eigenvalue weighted by Crippen LogP contribution is -2.28. The van der Waals surface area contributed by atoms with Crippen molar-refractivity contribution >= 4 is 22.4 Å². The van der Waals surface area contributed by atoms with E-state index in [0.717, 1.165) is 18.8 Å². The maximum Gasteiger partial charge on any atom is 0.101 e. The first kappa shape index (κ1) is 16.2. The molecule has 0 fully saturated rings. The van der Waals surface area contributed by atoms with Crippen molar-refractivity contribution in [2.75, 3.05) is 12.4 Å². The first-order chi connectivity index (χ1) is 9.20. The Morgan fingerprint density at radius 2 is 1.74 bits per heavy atom. The summed E-state index contributed by atoms with van der Waals surface area (Å²) in [5.74, 6) is 2.22. The summed E-state index contributed by atoms with van der Waals surface area (Å²) in [4.78, 5) is 1.39. The fourth-order valence-electron chi connectivity index (χ4n) is 1.88. The van der Waals surface area contributed by atoms with Crippen molar-refractivity contribution in [3.63, 3.8) is 0 Å². The molecule has 0 saturated heterocycles. The molecule has 0 saturated carbocycles. The molecule has 0 amide bonds. The topological polar surface area (TPSA) is 9.23 Å². The van der Waals surface area contributed by atoms with Crippen molar-refractivity contribution in [2.45, 2.75) is 47.0 Å². The Morgan fingerprint density at radius 1 is 1.05 bits per heavy atom. The van der Waals surface area contributed by atoms with Crippen LogP contribution in [0.3, 0.4) is 0 Å². The standard InChI is InChI=1S/C17H26OS/c1-5-7-12-18-14(3)16-10-8-9-11-17(16)15(4)19-13-6-2/h8-11H,5-7,12-13H2,1-4H3. The quantitative estimate of drug-likeness (QED) is 0.700. The molecule has 0 aliphatic heterocycles. The van der Waals surface area contributed by atoms with Crippen LogP contribution in [0.4, 0.5) is 0 Å². The van der Waals surface area contributed by atoms with Gasteiger partial charge in [-0.3, -0.25) is 0 Å². The van der Waals surface area contributed by atoms with Gasteiger partial charge in [-0.15, -0.1) is 11.8 Å². The van der Waals surface area contributed by atoms with Gasteiger partial charge in [0.05, 0.1) is 6.61 Å². The second-order valence-electron chi connectivity index (χ2n) is 4.71. The van der Waals surface area contributed by atoms with Gasteiger partial charge < -0.3 is 4.74 Å². The Hall–Kier alpha value is -0.890. The zero-order chi connectivity index (χ0) is 14.1. The molecule has 0 radical (unpaired) electrons. The van der Waals surface area contributed by atoms with E-state index in [-0.39, 0.29) is 0 Å². The summed E-state index contributed by atoms with van der Waals surface area (Å²) >= 11 is 1.94. The van der Waals surface area contributed by atoms with Gasteiger partial charge in [-0.1, -0.05) is 44.5 Å². The van der Waals surface area contributed by atoms with Crippen LogP contribution in [-0.2, 0) is 4.74 Å². The summed E-state index contributed by atoms with van der Waals surface area (Å²) in [6, 6.07) is 8.55. The minimum atomic E-state index is 0.817. The molecule has 0 heterocycles. The highest BCUT2D eigenvalue weighted by molar-refractivity contribution is 8.07. The fourth-order valence-corrected chi connectivity index (χ4v) is 2.72. The number of ether oxygens (including phenoxy) is 1. The summed E-state index contributed by atoms with van der Waals surface area (Å²) in [5.41, 5.74) is 0. The minimum Gasteiger partial charge on any atom is -0.498 e. The van der Waals surface area contributed by atoms with Crippen LogP contribution < -0.4 is 10.4 Å². The Labute approximate surface area is 121 Å². The van der Waals surface area contributed by atoms with Gasteiger partial charge in [-0.05, 0) is 42.6 Å². The van der Waals surface area contributed by atoms with E-state index in [2.05, 4.69) is 52.0 Å². The second kappa shape index (κ2) is 9.08. The summed E-state index contributed by atoms with van der Waals surface area (Å²) in [6.07, 6.45) is 3.50. The van der Waals surface area contributed by atoms with Gasteiger partial charge in [-0.2, -0.15) is 0 Å². The maximum absolute atomic E-state index is 5.86. The normalized spacial score (nSPS) is 14.1. The summed E-state index contributed by atoms with van der Waals surface area (Å²) in [6.45, 7) is 9.51. The molecule has 1 aromatic rings. The van der Waals surface area contributed by atoms with Gasteiger partial charge in [0.25, 0.3) is 0 Å². The molecule has 2 heteroatoms. The number of benzene rings is 1. The molecule has 0 spiro atoms. The minimum absolute atomic E-state index is 0.817. The average Bonchev–Trinajstić information content (AvgIpc) is 2.45. The Balaban J connectivity index is 3.10. The summed E-state index contributed by atoms with van der Waals surface area (Å²) in [5, 5.41) is 2.55. The number of hydrogen-bond acceptors (Lipinski definition) is 2. The highest BCUT2D eigenvalue weighted by atomic mass is 32.2. The van der Waals surface area contributed by atoms with Crippen molar-refractivity contribution in [3.05, 3.63) is 34.7 Å². The van der Waals surface area contributed by atoms with E-state index in [1.54, 1.807) is 0 Å². The van der Waals surface area contributed by atoms with Crippen LogP contribution in [0, 0.1) is 0 Å². The van der Waals surface area contributed by atoms with Crippen LogP contribution in [0.2, 0.25) is 0 Å². The number of thioether (sulfide) groups is 1. The van der Waals surface area contributed by atoms with E-state index in [1.165, 1.54) is 33.9 Å². The largest absolute Gasteiger partial charge is 0.498 e. The van der Waals surface area contributed by atoms with E-state index in [9.17, 15) is 0 Å². The van der Waals surface area contributed by atoms with Gasteiger partial charge in [0.2, 0.25) is 0 Å². The maximum atomic E-state index is 5.86. The Morgan fingerprint density at radius 3 is 2.37 bits per heavy atom. The van der Waals surface area contributed by atoms with E-state index in [0.29, 0.717) is 0 Å². The Bertz CT molecular complexity index is 490. The third kappa shape index (κ3) is 5.32. The molecule has 0 aliphatic rings. The highest BCUT2D eigenvalue weighted by Gasteiger charge is 1.98. The molecule has 0 N–H and O–H groups in total. The predicted molar refractivity (Wildman–Crippen MR) is 87.5 cm³/mol. The third-order valence-electron chi connectivity index (χ3n) is 3.02. The molecular formula is C17H26OS. The van der Waals surface area contributed by atoms with Crippen molar-refractivity contribution in [2.24, 2.45) is 0 Å². The monoisotopic (exact) mass is 278 g/mol. The molecule has 0 aliphatic carbocycles. The lowest BCUT2D eigenvalue weighted by atomic mass is 10.2. The highest BCUT2D eigenvalue weighted by Crippen LogP contribution is 2.14. The van der Waals surface area contributed by atoms with E-state index in [4.69, 9.17) is 4.74 Å². The average molecular weight is 278 g/mol. The SMILES string of the molecule is CCCCOC(C)=c1ccccc1=C(C)SCCC. The van der Waals surface area contributed by atoms with Crippen LogP contribution in [0.5, 0.6) is 0 Å². The number of hydrogen-bond donors (Lipinski definition) is 0. The van der Waals surface area contributed by atoms with Gasteiger partial charge in [0.15, 0.2) is 0 Å².